The summed E-state index contributed by atoms with van der Waals surface area (Å²) in [5.74, 6) is 1.34. The monoisotopic (exact) mass is 354 g/mol. The normalized spacial score (nSPS) is 11.5. The van der Waals surface area contributed by atoms with Crippen LogP contribution >= 0.6 is 11.6 Å². The van der Waals surface area contributed by atoms with E-state index in [0.717, 1.165) is 13.0 Å². The number of nitrogens with one attached hydrogen (secondary N) is 2. The molecule has 0 aliphatic heterocycles. The molecule has 0 saturated heterocycles. The summed E-state index contributed by atoms with van der Waals surface area (Å²) in [6.07, 6.45) is 1.02. The van der Waals surface area contributed by atoms with Gasteiger partial charge in [-0.3, -0.25) is 4.72 Å². The van der Waals surface area contributed by atoms with Crippen molar-refractivity contribution >= 4 is 33.3 Å². The molecule has 0 radical (unpaired) electrons. The predicted molar refractivity (Wildman–Crippen MR) is 92.2 cm³/mol. The fourth-order valence-corrected chi connectivity index (χ4v) is 3.34. The average Bonchev–Trinajstić information content (AvgIpc) is 2.48. The van der Waals surface area contributed by atoms with Crippen molar-refractivity contribution < 1.29 is 8.42 Å². The van der Waals surface area contributed by atoms with Gasteiger partial charge in [-0.25, -0.2) is 8.42 Å². The highest BCUT2D eigenvalue weighted by atomic mass is 35.5. The molecule has 6 nitrogen and oxygen atoms in total. The number of hydrogen-bond donors (Lipinski definition) is 2. The first-order valence-electron chi connectivity index (χ1n) is 7.23. The van der Waals surface area contributed by atoms with Gasteiger partial charge in [0.05, 0.1) is 5.02 Å². The van der Waals surface area contributed by atoms with Crippen molar-refractivity contribution in [1.82, 2.24) is 10.2 Å². The second-order valence-corrected chi connectivity index (χ2v) is 7.51. The van der Waals surface area contributed by atoms with Crippen molar-refractivity contribution in [1.29, 1.82) is 0 Å². The first kappa shape index (κ1) is 17.5. The largest absolute Gasteiger partial charge is 0.369 e. The van der Waals surface area contributed by atoms with Crippen LogP contribution in [0.4, 0.5) is 11.6 Å². The van der Waals surface area contributed by atoms with Crippen LogP contribution in [0, 0.1) is 5.92 Å². The van der Waals surface area contributed by atoms with Crippen LogP contribution in [0.15, 0.2) is 41.3 Å². The van der Waals surface area contributed by atoms with E-state index >= 15 is 0 Å². The first-order valence-corrected chi connectivity index (χ1v) is 9.09. The van der Waals surface area contributed by atoms with E-state index in [1.807, 2.05) is 0 Å². The van der Waals surface area contributed by atoms with Crippen LogP contribution in [0.5, 0.6) is 0 Å². The summed E-state index contributed by atoms with van der Waals surface area (Å²) in [6, 6.07) is 9.45. The van der Waals surface area contributed by atoms with Gasteiger partial charge < -0.3 is 5.32 Å². The smallest absolute Gasteiger partial charge is 0.264 e. The number of nitrogens with zero attached hydrogens (tertiary/aromatic N) is 2. The van der Waals surface area contributed by atoms with E-state index in [9.17, 15) is 8.42 Å². The number of sulfonamides is 1. The maximum atomic E-state index is 12.3. The summed E-state index contributed by atoms with van der Waals surface area (Å²) in [5, 5.41) is 11.1. The van der Waals surface area contributed by atoms with E-state index in [1.54, 1.807) is 24.3 Å². The molecule has 2 N–H and O–H groups in total. The lowest BCUT2D eigenvalue weighted by atomic mass is 10.1. The molecule has 0 unspecified atom stereocenters. The molecule has 0 aliphatic carbocycles. The molecule has 23 heavy (non-hydrogen) atoms. The van der Waals surface area contributed by atoms with Crippen molar-refractivity contribution in [2.75, 3.05) is 16.6 Å². The number of rotatable bonds is 7. The van der Waals surface area contributed by atoms with E-state index in [-0.39, 0.29) is 15.7 Å². The van der Waals surface area contributed by atoms with E-state index in [4.69, 9.17) is 11.6 Å². The molecule has 0 bridgehead atoms. The van der Waals surface area contributed by atoms with Gasteiger partial charge in [-0.05, 0) is 36.6 Å². The van der Waals surface area contributed by atoms with Gasteiger partial charge >= 0.3 is 0 Å². The highest BCUT2D eigenvalue weighted by molar-refractivity contribution is 7.92. The van der Waals surface area contributed by atoms with Crippen LogP contribution in [0.3, 0.4) is 0 Å². The average molecular weight is 355 g/mol. The zero-order chi connectivity index (χ0) is 16.9. The zero-order valence-corrected chi connectivity index (χ0v) is 14.5. The lowest BCUT2D eigenvalue weighted by Crippen LogP contribution is -2.15. The van der Waals surface area contributed by atoms with Crippen molar-refractivity contribution in [2.45, 2.75) is 25.2 Å². The molecule has 1 aromatic heterocycles. The van der Waals surface area contributed by atoms with E-state index < -0.39 is 10.0 Å². The number of hydrogen-bond acceptors (Lipinski definition) is 5. The Morgan fingerprint density at radius 1 is 1.09 bits per heavy atom. The SMILES string of the molecule is CC(C)CCNc1ccc(NS(=O)(=O)c2ccccc2Cl)nn1. The fraction of sp³-hybridized carbons (Fsp3) is 0.333. The lowest BCUT2D eigenvalue weighted by molar-refractivity contribution is 0.600. The Bertz CT molecular complexity index is 748. The van der Waals surface area contributed by atoms with E-state index in [0.29, 0.717) is 11.7 Å². The summed E-state index contributed by atoms with van der Waals surface area (Å²) in [6.45, 7) is 5.07. The summed E-state index contributed by atoms with van der Waals surface area (Å²) in [5.41, 5.74) is 0. The van der Waals surface area contributed by atoms with Crippen molar-refractivity contribution in [3.8, 4) is 0 Å². The van der Waals surface area contributed by atoms with Gasteiger partial charge in [-0.15, -0.1) is 10.2 Å². The van der Waals surface area contributed by atoms with Crippen LogP contribution in [-0.4, -0.2) is 25.2 Å². The molecule has 0 fully saturated rings. The third-order valence-electron chi connectivity index (χ3n) is 3.06. The molecule has 0 amide bonds. The van der Waals surface area contributed by atoms with Crippen molar-refractivity contribution in [3.63, 3.8) is 0 Å². The topological polar surface area (TPSA) is 84.0 Å². The maximum Gasteiger partial charge on any atom is 0.264 e. The molecular formula is C15H19ClN4O2S. The molecule has 124 valence electrons. The second-order valence-electron chi connectivity index (χ2n) is 5.45. The molecule has 1 heterocycles. The fourth-order valence-electron chi connectivity index (χ4n) is 1.83. The first-order chi connectivity index (χ1) is 10.9. The Kier molecular flexibility index (Phi) is 5.79. The number of halogens is 1. The van der Waals surface area contributed by atoms with Gasteiger partial charge in [0.2, 0.25) is 0 Å². The van der Waals surface area contributed by atoms with Crippen LogP contribution in [0.25, 0.3) is 0 Å². The minimum Gasteiger partial charge on any atom is -0.369 e. The Morgan fingerprint density at radius 3 is 2.35 bits per heavy atom. The summed E-state index contributed by atoms with van der Waals surface area (Å²) in [7, 11) is -3.79. The van der Waals surface area contributed by atoms with Crippen LogP contribution in [0.1, 0.15) is 20.3 Å². The lowest BCUT2D eigenvalue weighted by Gasteiger charge is -2.09. The van der Waals surface area contributed by atoms with E-state index in [1.165, 1.54) is 12.1 Å². The Hall–Kier alpha value is -1.86. The molecule has 8 heteroatoms. The molecule has 2 rings (SSSR count). The summed E-state index contributed by atoms with van der Waals surface area (Å²) in [4.78, 5) is 0.00241. The highest BCUT2D eigenvalue weighted by Crippen LogP contribution is 2.22. The minimum atomic E-state index is -3.79. The molecule has 0 spiro atoms. The molecule has 1 aromatic carbocycles. The molecule has 2 aromatic rings. The van der Waals surface area contributed by atoms with Gasteiger partial charge in [0, 0.05) is 6.54 Å². The van der Waals surface area contributed by atoms with Crippen molar-refractivity contribution in [3.05, 3.63) is 41.4 Å². The molecule has 0 aliphatic rings. The zero-order valence-electron chi connectivity index (χ0n) is 13.0. The Balaban J connectivity index is 2.04. The van der Waals surface area contributed by atoms with Crippen LogP contribution in [-0.2, 0) is 10.0 Å². The number of anilines is 2. The maximum absolute atomic E-state index is 12.3. The van der Waals surface area contributed by atoms with E-state index in [2.05, 4.69) is 34.1 Å². The third kappa shape index (κ3) is 5.07. The number of benzene rings is 1. The van der Waals surface area contributed by atoms with Crippen LogP contribution < -0.4 is 10.0 Å². The van der Waals surface area contributed by atoms with Gasteiger partial charge in [0.1, 0.15) is 10.7 Å². The van der Waals surface area contributed by atoms with Crippen molar-refractivity contribution in [2.24, 2.45) is 5.92 Å². The van der Waals surface area contributed by atoms with Gasteiger partial charge in [0.25, 0.3) is 10.0 Å². The third-order valence-corrected chi connectivity index (χ3v) is 4.91. The predicted octanol–water partition coefficient (Wildman–Crippen LogP) is 3.39. The molecular weight excluding hydrogens is 336 g/mol. The Labute approximate surface area is 141 Å². The minimum absolute atomic E-state index is 0.00241. The van der Waals surface area contributed by atoms with Gasteiger partial charge in [0.15, 0.2) is 5.82 Å². The van der Waals surface area contributed by atoms with Crippen LogP contribution in [0.2, 0.25) is 5.02 Å². The standard InChI is InChI=1S/C15H19ClN4O2S/c1-11(2)9-10-17-14-7-8-15(19-18-14)20-23(21,22)13-6-4-3-5-12(13)16/h3-8,11H,9-10H2,1-2H3,(H,17,18)(H,19,20). The molecule has 0 saturated carbocycles. The van der Waals surface area contributed by atoms with Gasteiger partial charge in [-0.2, -0.15) is 0 Å². The second kappa shape index (κ2) is 7.61. The molecule has 0 atom stereocenters. The number of aromatic nitrogens is 2. The Morgan fingerprint density at radius 2 is 1.74 bits per heavy atom. The van der Waals surface area contributed by atoms with Gasteiger partial charge in [-0.1, -0.05) is 37.6 Å². The quantitative estimate of drug-likeness (QED) is 0.796. The summed E-state index contributed by atoms with van der Waals surface area (Å²) >= 11 is 5.92. The summed E-state index contributed by atoms with van der Waals surface area (Å²) < 4.78 is 26.9. The highest BCUT2D eigenvalue weighted by Gasteiger charge is 2.18.